The van der Waals surface area contributed by atoms with Crippen LogP contribution in [0.2, 0.25) is 0 Å². The summed E-state index contributed by atoms with van der Waals surface area (Å²) in [6.45, 7) is 6.51. The smallest absolute Gasteiger partial charge is 0.214 e. The van der Waals surface area contributed by atoms with Crippen molar-refractivity contribution in [2.45, 2.75) is 50.3 Å². The van der Waals surface area contributed by atoms with Gasteiger partial charge < -0.3 is 5.73 Å². The number of hydrogen-bond acceptors (Lipinski definition) is 6. The summed E-state index contributed by atoms with van der Waals surface area (Å²) in [4.78, 5) is 4.27. The summed E-state index contributed by atoms with van der Waals surface area (Å²) in [7, 11) is 0. The molecule has 0 aliphatic rings. The average molecular weight is 278 g/mol. The number of aromatic amines is 1. The zero-order valence-corrected chi connectivity index (χ0v) is 12.2. The normalized spacial score (nSPS) is 10.9. The van der Waals surface area contributed by atoms with Crippen LogP contribution in [-0.4, -0.2) is 25.4 Å². The number of aryl methyl sites for hydroxylation is 2. The van der Waals surface area contributed by atoms with E-state index >= 15 is 0 Å². The molecule has 0 atom stereocenters. The van der Waals surface area contributed by atoms with Crippen molar-refractivity contribution < 1.29 is 0 Å². The minimum absolute atomic E-state index is 0.456. The van der Waals surface area contributed by atoms with Crippen molar-refractivity contribution >= 4 is 11.8 Å². The van der Waals surface area contributed by atoms with Gasteiger partial charge in [0, 0.05) is 12.1 Å². The SMILES string of the molecule is CCc1nnc(Sc2n[nH]c(C)n2)c(CN)c1CC. The first-order valence-corrected chi connectivity index (χ1v) is 7.15. The highest BCUT2D eigenvalue weighted by Crippen LogP contribution is 2.28. The Balaban J connectivity index is 2.40. The van der Waals surface area contributed by atoms with Crippen LogP contribution in [0.15, 0.2) is 10.2 Å². The molecular weight excluding hydrogens is 260 g/mol. The Morgan fingerprint density at radius 1 is 1.16 bits per heavy atom. The van der Waals surface area contributed by atoms with Crippen molar-refractivity contribution in [2.75, 3.05) is 0 Å². The Hall–Kier alpha value is -1.47. The quantitative estimate of drug-likeness (QED) is 0.863. The van der Waals surface area contributed by atoms with Gasteiger partial charge in [0.15, 0.2) is 0 Å². The van der Waals surface area contributed by atoms with E-state index in [1.165, 1.54) is 17.3 Å². The van der Waals surface area contributed by atoms with Crippen LogP contribution in [0.5, 0.6) is 0 Å². The lowest BCUT2D eigenvalue weighted by atomic mass is 10.0. The van der Waals surface area contributed by atoms with E-state index in [0.29, 0.717) is 11.7 Å². The van der Waals surface area contributed by atoms with Crippen molar-refractivity contribution in [1.29, 1.82) is 0 Å². The third-order valence-corrected chi connectivity index (χ3v) is 3.78. The fourth-order valence-corrected chi connectivity index (χ4v) is 2.84. The van der Waals surface area contributed by atoms with Crippen molar-refractivity contribution in [1.82, 2.24) is 25.4 Å². The summed E-state index contributed by atoms with van der Waals surface area (Å²) in [6, 6.07) is 0. The van der Waals surface area contributed by atoms with E-state index < -0.39 is 0 Å². The number of nitrogens with one attached hydrogen (secondary N) is 1. The molecule has 2 rings (SSSR count). The third kappa shape index (κ3) is 2.93. The molecule has 2 heterocycles. The van der Waals surface area contributed by atoms with E-state index in [2.05, 4.69) is 39.2 Å². The highest BCUT2D eigenvalue weighted by molar-refractivity contribution is 7.99. The van der Waals surface area contributed by atoms with Gasteiger partial charge in [0.25, 0.3) is 0 Å². The highest BCUT2D eigenvalue weighted by Gasteiger charge is 2.15. The van der Waals surface area contributed by atoms with Crippen LogP contribution < -0.4 is 5.73 Å². The van der Waals surface area contributed by atoms with Crippen LogP contribution in [-0.2, 0) is 19.4 Å². The van der Waals surface area contributed by atoms with Gasteiger partial charge in [-0.05, 0) is 37.1 Å². The zero-order valence-electron chi connectivity index (χ0n) is 11.4. The van der Waals surface area contributed by atoms with Gasteiger partial charge in [-0.2, -0.15) is 5.10 Å². The molecule has 2 aromatic rings. The molecule has 0 unspecified atom stereocenters. The van der Waals surface area contributed by atoms with Gasteiger partial charge in [0.2, 0.25) is 5.16 Å². The molecule has 6 nitrogen and oxygen atoms in total. The summed E-state index contributed by atoms with van der Waals surface area (Å²) < 4.78 is 0. The molecule has 0 saturated carbocycles. The Labute approximate surface area is 116 Å². The number of nitrogens with zero attached hydrogens (tertiary/aromatic N) is 4. The summed E-state index contributed by atoms with van der Waals surface area (Å²) in [5.74, 6) is 0.783. The number of rotatable bonds is 5. The van der Waals surface area contributed by atoms with E-state index in [4.69, 9.17) is 5.73 Å². The topological polar surface area (TPSA) is 93.4 Å². The van der Waals surface area contributed by atoms with Crippen molar-refractivity contribution in [2.24, 2.45) is 5.73 Å². The number of nitrogens with two attached hydrogens (primary N) is 1. The van der Waals surface area contributed by atoms with Crippen LogP contribution in [0.3, 0.4) is 0 Å². The van der Waals surface area contributed by atoms with E-state index in [0.717, 1.165) is 34.9 Å². The Kier molecular flexibility index (Phi) is 4.49. The maximum absolute atomic E-state index is 5.88. The van der Waals surface area contributed by atoms with Gasteiger partial charge >= 0.3 is 0 Å². The molecule has 0 aromatic carbocycles. The predicted octanol–water partition coefficient (Wildman–Crippen LogP) is 1.64. The van der Waals surface area contributed by atoms with Crippen molar-refractivity contribution in [3.8, 4) is 0 Å². The Morgan fingerprint density at radius 2 is 1.95 bits per heavy atom. The molecule has 102 valence electrons. The monoisotopic (exact) mass is 278 g/mol. The molecular formula is C12H18N6S. The third-order valence-electron chi connectivity index (χ3n) is 2.89. The van der Waals surface area contributed by atoms with Gasteiger partial charge in [-0.25, -0.2) is 4.98 Å². The molecule has 19 heavy (non-hydrogen) atoms. The first-order chi connectivity index (χ1) is 9.19. The van der Waals surface area contributed by atoms with E-state index in [1.807, 2.05) is 6.92 Å². The van der Waals surface area contributed by atoms with Crippen molar-refractivity contribution in [3.05, 3.63) is 22.6 Å². The maximum Gasteiger partial charge on any atom is 0.214 e. The number of hydrogen-bond donors (Lipinski definition) is 2. The van der Waals surface area contributed by atoms with Gasteiger partial charge in [-0.1, -0.05) is 13.8 Å². The molecule has 0 radical (unpaired) electrons. The number of H-pyrrole nitrogens is 1. The first kappa shape index (κ1) is 14.0. The van der Waals surface area contributed by atoms with Crippen LogP contribution in [0.25, 0.3) is 0 Å². The second-order valence-electron chi connectivity index (χ2n) is 4.13. The van der Waals surface area contributed by atoms with E-state index in [1.54, 1.807) is 0 Å². The van der Waals surface area contributed by atoms with E-state index in [-0.39, 0.29) is 0 Å². The lowest BCUT2D eigenvalue weighted by molar-refractivity contribution is 0.780. The maximum atomic E-state index is 5.88. The van der Waals surface area contributed by atoms with Crippen LogP contribution in [0, 0.1) is 6.92 Å². The second-order valence-corrected chi connectivity index (χ2v) is 5.08. The molecule has 2 aromatic heterocycles. The van der Waals surface area contributed by atoms with Crippen LogP contribution >= 0.6 is 11.8 Å². The molecule has 7 heteroatoms. The number of aromatic nitrogens is 5. The largest absolute Gasteiger partial charge is 0.326 e. The van der Waals surface area contributed by atoms with Gasteiger partial charge in [0.1, 0.15) is 10.9 Å². The minimum atomic E-state index is 0.456. The first-order valence-electron chi connectivity index (χ1n) is 6.33. The summed E-state index contributed by atoms with van der Waals surface area (Å²) in [6.07, 6.45) is 1.78. The molecule has 0 aliphatic heterocycles. The lowest BCUT2D eigenvalue weighted by Crippen LogP contribution is -2.10. The molecule has 0 fully saturated rings. The lowest BCUT2D eigenvalue weighted by Gasteiger charge is -2.12. The minimum Gasteiger partial charge on any atom is -0.326 e. The van der Waals surface area contributed by atoms with Gasteiger partial charge in [-0.15, -0.1) is 10.2 Å². The standard InChI is InChI=1S/C12H18N6S/c1-4-8-9(6-13)11(17-16-10(8)5-2)19-12-14-7(3)15-18-12/h4-6,13H2,1-3H3,(H,14,15,18). The molecule has 0 aliphatic carbocycles. The summed E-state index contributed by atoms with van der Waals surface area (Å²) in [5, 5.41) is 16.9. The van der Waals surface area contributed by atoms with E-state index in [9.17, 15) is 0 Å². The van der Waals surface area contributed by atoms with Gasteiger partial charge in [0.05, 0.1) is 5.69 Å². The molecule has 0 saturated heterocycles. The second kappa shape index (κ2) is 6.12. The molecule has 0 amide bonds. The zero-order chi connectivity index (χ0) is 13.8. The highest BCUT2D eigenvalue weighted by atomic mass is 32.2. The average Bonchev–Trinajstić information content (AvgIpc) is 2.83. The molecule has 0 bridgehead atoms. The fourth-order valence-electron chi connectivity index (χ4n) is 1.98. The Bertz CT molecular complexity index is 565. The van der Waals surface area contributed by atoms with Gasteiger partial charge in [-0.3, -0.25) is 5.10 Å². The van der Waals surface area contributed by atoms with Crippen LogP contribution in [0.4, 0.5) is 0 Å². The summed E-state index contributed by atoms with van der Waals surface area (Å²) in [5.41, 5.74) is 9.17. The fraction of sp³-hybridized carbons (Fsp3) is 0.500. The van der Waals surface area contributed by atoms with Crippen LogP contribution in [0.1, 0.15) is 36.5 Å². The Morgan fingerprint density at radius 3 is 2.47 bits per heavy atom. The molecule has 0 spiro atoms. The molecule has 3 N–H and O–H groups in total. The summed E-state index contributed by atoms with van der Waals surface area (Å²) >= 11 is 1.40. The van der Waals surface area contributed by atoms with Crippen molar-refractivity contribution in [3.63, 3.8) is 0 Å². The predicted molar refractivity (Wildman–Crippen MR) is 73.9 cm³/mol.